The molecule has 0 saturated heterocycles. The molecule has 1 heterocycles. The summed E-state index contributed by atoms with van der Waals surface area (Å²) in [6.45, 7) is 8.52. The predicted octanol–water partition coefficient (Wildman–Crippen LogP) is 4.46. The maximum absolute atomic E-state index is 12.0. The van der Waals surface area contributed by atoms with E-state index in [1.165, 1.54) is 11.3 Å². The van der Waals surface area contributed by atoms with Gasteiger partial charge in [-0.1, -0.05) is 45.5 Å². The Labute approximate surface area is 129 Å². The maximum atomic E-state index is 12.0. The van der Waals surface area contributed by atoms with E-state index in [9.17, 15) is 4.79 Å². The number of unbranched alkanes of at least 4 members (excludes halogenated alkanes) is 1. The highest BCUT2D eigenvalue weighted by molar-refractivity contribution is 7.22. The number of carbonyl (C=O) groups is 1. The van der Waals surface area contributed by atoms with Gasteiger partial charge >= 0.3 is 0 Å². The molecule has 0 aliphatic rings. The first-order valence-corrected chi connectivity index (χ1v) is 8.06. The first-order chi connectivity index (χ1) is 9.90. The Balaban J connectivity index is 2.12. The fourth-order valence-corrected chi connectivity index (χ4v) is 2.56. The molecule has 0 fully saturated rings. The van der Waals surface area contributed by atoms with Gasteiger partial charge in [0, 0.05) is 5.41 Å². The van der Waals surface area contributed by atoms with Crippen LogP contribution in [0.4, 0.5) is 5.13 Å². The third kappa shape index (κ3) is 4.17. The number of benzene rings is 1. The molecule has 1 aromatic carbocycles. The van der Waals surface area contributed by atoms with Gasteiger partial charge in [0.25, 0.3) is 0 Å². The molecule has 1 aromatic heterocycles. The lowest BCUT2D eigenvalue weighted by atomic mass is 9.96. The van der Waals surface area contributed by atoms with Crippen LogP contribution in [-0.2, 0) is 4.79 Å². The minimum Gasteiger partial charge on any atom is -0.494 e. The zero-order chi connectivity index (χ0) is 15.5. The standard InChI is InChI=1S/C16H22N2O2S/c1-5-6-9-20-11-7-8-12-13(10-11)21-15(17-12)18-14(19)16(2,3)4/h7-8,10H,5-6,9H2,1-4H3,(H,17,18,19). The molecule has 0 aliphatic heterocycles. The summed E-state index contributed by atoms with van der Waals surface area (Å²) in [7, 11) is 0. The van der Waals surface area contributed by atoms with E-state index < -0.39 is 5.41 Å². The third-order valence-corrected chi connectivity index (χ3v) is 3.96. The van der Waals surface area contributed by atoms with Crippen molar-refractivity contribution in [1.29, 1.82) is 0 Å². The molecule has 0 saturated carbocycles. The summed E-state index contributed by atoms with van der Waals surface area (Å²) in [6, 6.07) is 5.84. The zero-order valence-corrected chi connectivity index (χ0v) is 13.8. The zero-order valence-electron chi connectivity index (χ0n) is 13.0. The van der Waals surface area contributed by atoms with Crippen LogP contribution in [0.15, 0.2) is 18.2 Å². The first-order valence-electron chi connectivity index (χ1n) is 7.25. The predicted molar refractivity (Wildman–Crippen MR) is 88.1 cm³/mol. The van der Waals surface area contributed by atoms with Gasteiger partial charge < -0.3 is 10.1 Å². The van der Waals surface area contributed by atoms with Gasteiger partial charge in [0.05, 0.1) is 16.8 Å². The minimum atomic E-state index is -0.424. The van der Waals surface area contributed by atoms with Crippen LogP contribution < -0.4 is 10.1 Å². The van der Waals surface area contributed by atoms with E-state index >= 15 is 0 Å². The van der Waals surface area contributed by atoms with Crippen molar-refractivity contribution < 1.29 is 9.53 Å². The summed E-state index contributed by atoms with van der Waals surface area (Å²) in [5.41, 5.74) is 0.457. The molecule has 2 aromatic rings. The number of ether oxygens (including phenoxy) is 1. The fourth-order valence-electron chi connectivity index (χ4n) is 1.67. The van der Waals surface area contributed by atoms with Crippen LogP contribution in [-0.4, -0.2) is 17.5 Å². The molecule has 114 valence electrons. The number of nitrogens with zero attached hydrogens (tertiary/aromatic N) is 1. The number of fused-ring (bicyclic) bond motifs is 1. The molecule has 0 bridgehead atoms. The Bertz CT molecular complexity index is 629. The first kappa shape index (κ1) is 15.8. The quantitative estimate of drug-likeness (QED) is 0.830. The SMILES string of the molecule is CCCCOc1ccc2nc(NC(=O)C(C)(C)C)sc2c1. The van der Waals surface area contributed by atoms with E-state index in [1.807, 2.05) is 39.0 Å². The van der Waals surface area contributed by atoms with Gasteiger partial charge in [-0.15, -0.1) is 0 Å². The van der Waals surface area contributed by atoms with E-state index in [1.54, 1.807) is 0 Å². The lowest BCUT2D eigenvalue weighted by Crippen LogP contribution is -2.27. The molecule has 0 radical (unpaired) electrons. The van der Waals surface area contributed by atoms with Gasteiger partial charge in [-0.25, -0.2) is 4.98 Å². The highest BCUT2D eigenvalue weighted by Crippen LogP contribution is 2.30. The summed E-state index contributed by atoms with van der Waals surface area (Å²) in [5, 5.41) is 3.51. The molecule has 5 heteroatoms. The van der Waals surface area contributed by atoms with E-state index in [0.717, 1.165) is 35.4 Å². The Hall–Kier alpha value is -1.62. The van der Waals surface area contributed by atoms with Crippen LogP contribution in [0.2, 0.25) is 0 Å². The lowest BCUT2D eigenvalue weighted by Gasteiger charge is -2.15. The lowest BCUT2D eigenvalue weighted by molar-refractivity contribution is -0.123. The minimum absolute atomic E-state index is 0.0269. The topological polar surface area (TPSA) is 51.2 Å². The highest BCUT2D eigenvalue weighted by atomic mass is 32.1. The molecule has 0 unspecified atom stereocenters. The van der Waals surface area contributed by atoms with Crippen molar-refractivity contribution in [2.24, 2.45) is 5.41 Å². The van der Waals surface area contributed by atoms with Crippen molar-refractivity contribution in [2.45, 2.75) is 40.5 Å². The van der Waals surface area contributed by atoms with Gasteiger partial charge in [0.2, 0.25) is 5.91 Å². The number of carbonyl (C=O) groups excluding carboxylic acids is 1. The number of hydrogen-bond acceptors (Lipinski definition) is 4. The van der Waals surface area contributed by atoms with Crippen molar-refractivity contribution in [3.8, 4) is 5.75 Å². The average molecular weight is 306 g/mol. The summed E-state index contributed by atoms with van der Waals surface area (Å²) >= 11 is 1.47. The Morgan fingerprint density at radius 2 is 2.14 bits per heavy atom. The van der Waals surface area contributed by atoms with E-state index in [4.69, 9.17) is 4.74 Å². The van der Waals surface area contributed by atoms with Crippen LogP contribution in [0, 0.1) is 5.41 Å². The van der Waals surface area contributed by atoms with E-state index in [-0.39, 0.29) is 5.91 Å². The molecule has 4 nitrogen and oxygen atoms in total. The molecular weight excluding hydrogens is 284 g/mol. The van der Waals surface area contributed by atoms with E-state index in [0.29, 0.717) is 5.13 Å². The van der Waals surface area contributed by atoms with Crippen LogP contribution in [0.1, 0.15) is 40.5 Å². The van der Waals surface area contributed by atoms with Crippen LogP contribution in [0.25, 0.3) is 10.2 Å². The Kier molecular flexibility index (Phi) is 4.83. The number of hydrogen-bond donors (Lipinski definition) is 1. The second-order valence-electron chi connectivity index (χ2n) is 6.05. The summed E-state index contributed by atoms with van der Waals surface area (Å²) in [6.07, 6.45) is 2.17. The van der Waals surface area contributed by atoms with Gasteiger partial charge in [-0.3, -0.25) is 4.79 Å². The van der Waals surface area contributed by atoms with Gasteiger partial charge in [0.15, 0.2) is 5.13 Å². The molecule has 0 atom stereocenters. The van der Waals surface area contributed by atoms with Crippen molar-refractivity contribution in [3.05, 3.63) is 18.2 Å². The molecule has 1 N–H and O–H groups in total. The van der Waals surface area contributed by atoms with Crippen molar-refractivity contribution >= 4 is 32.6 Å². The van der Waals surface area contributed by atoms with Gasteiger partial charge in [0.1, 0.15) is 5.75 Å². The summed E-state index contributed by atoms with van der Waals surface area (Å²) in [5.74, 6) is 0.828. The number of amides is 1. The highest BCUT2D eigenvalue weighted by Gasteiger charge is 2.22. The molecule has 2 rings (SSSR count). The van der Waals surface area contributed by atoms with Gasteiger partial charge in [-0.05, 0) is 24.6 Å². The number of anilines is 1. The Morgan fingerprint density at radius 3 is 2.81 bits per heavy atom. The molecule has 0 spiro atoms. The van der Waals surface area contributed by atoms with Crippen molar-refractivity contribution in [2.75, 3.05) is 11.9 Å². The second kappa shape index (κ2) is 6.43. The number of aromatic nitrogens is 1. The van der Waals surface area contributed by atoms with Crippen LogP contribution in [0.5, 0.6) is 5.75 Å². The largest absolute Gasteiger partial charge is 0.494 e. The van der Waals surface area contributed by atoms with Crippen LogP contribution in [0.3, 0.4) is 0 Å². The molecular formula is C16H22N2O2S. The van der Waals surface area contributed by atoms with Crippen LogP contribution >= 0.6 is 11.3 Å². The van der Waals surface area contributed by atoms with Crippen molar-refractivity contribution in [1.82, 2.24) is 4.98 Å². The summed E-state index contributed by atoms with van der Waals surface area (Å²) in [4.78, 5) is 16.4. The van der Waals surface area contributed by atoms with Crippen molar-refractivity contribution in [3.63, 3.8) is 0 Å². The normalized spacial score (nSPS) is 11.6. The number of thiazole rings is 1. The second-order valence-corrected chi connectivity index (χ2v) is 7.09. The Morgan fingerprint density at radius 1 is 1.38 bits per heavy atom. The smallest absolute Gasteiger partial charge is 0.231 e. The monoisotopic (exact) mass is 306 g/mol. The molecule has 1 amide bonds. The number of nitrogens with one attached hydrogen (secondary N) is 1. The van der Waals surface area contributed by atoms with Gasteiger partial charge in [-0.2, -0.15) is 0 Å². The summed E-state index contributed by atoms with van der Waals surface area (Å²) < 4.78 is 6.71. The average Bonchev–Trinajstić information content (AvgIpc) is 2.79. The fraction of sp³-hybridized carbons (Fsp3) is 0.500. The maximum Gasteiger partial charge on any atom is 0.231 e. The van der Waals surface area contributed by atoms with E-state index in [2.05, 4.69) is 17.2 Å². The molecule has 0 aliphatic carbocycles. The third-order valence-electron chi connectivity index (χ3n) is 3.03. The molecule has 21 heavy (non-hydrogen) atoms. The number of rotatable bonds is 5.